The fraction of sp³-hybridized carbons (Fsp3) is 0.250. The van der Waals surface area contributed by atoms with E-state index < -0.39 is 0 Å². The van der Waals surface area contributed by atoms with Gasteiger partial charge in [-0.25, -0.2) is 15.0 Å². The molecule has 1 aliphatic rings. The first-order valence-electron chi connectivity index (χ1n) is 10.1. The predicted molar refractivity (Wildman–Crippen MR) is 118 cm³/mol. The molecular weight excluding hydrogens is 392 g/mol. The summed E-state index contributed by atoms with van der Waals surface area (Å²) in [7, 11) is 0. The van der Waals surface area contributed by atoms with Gasteiger partial charge in [-0.05, 0) is 60.6 Å². The first kappa shape index (κ1) is 18.9. The van der Waals surface area contributed by atoms with Crippen LogP contribution >= 0.6 is 11.5 Å². The first-order valence-corrected chi connectivity index (χ1v) is 11.0. The van der Waals surface area contributed by atoms with Crippen molar-refractivity contribution in [3.63, 3.8) is 0 Å². The fourth-order valence-electron chi connectivity index (χ4n) is 4.03. The summed E-state index contributed by atoms with van der Waals surface area (Å²) in [6, 6.07) is 19.4. The van der Waals surface area contributed by atoms with Gasteiger partial charge in [0.2, 0.25) is 5.82 Å². The molecule has 2 aromatic carbocycles. The predicted octanol–water partition coefficient (Wildman–Crippen LogP) is 5.35. The Morgan fingerprint density at radius 2 is 1.63 bits per heavy atom. The number of rotatable bonds is 6. The van der Waals surface area contributed by atoms with Crippen LogP contribution in [0.1, 0.15) is 41.6 Å². The van der Waals surface area contributed by atoms with Gasteiger partial charge in [0.1, 0.15) is 17.9 Å². The van der Waals surface area contributed by atoms with Gasteiger partial charge in [-0.15, -0.1) is 0 Å². The van der Waals surface area contributed by atoms with Crippen LogP contribution in [0.15, 0.2) is 66.3 Å². The summed E-state index contributed by atoms with van der Waals surface area (Å²) in [6.45, 7) is 2.51. The molecule has 1 aliphatic carbocycles. The van der Waals surface area contributed by atoms with Crippen LogP contribution < -0.4 is 4.74 Å². The second-order valence-corrected chi connectivity index (χ2v) is 8.35. The monoisotopic (exact) mass is 414 g/mol. The first-order chi connectivity index (χ1) is 14.7. The molecule has 150 valence electrons. The van der Waals surface area contributed by atoms with Gasteiger partial charge in [0, 0.05) is 11.6 Å². The number of hydrogen-bond acceptors (Lipinski definition) is 6. The quantitative estimate of drug-likeness (QED) is 0.425. The summed E-state index contributed by atoms with van der Waals surface area (Å²) in [5, 5.41) is 0. The van der Waals surface area contributed by atoms with Gasteiger partial charge >= 0.3 is 0 Å². The van der Waals surface area contributed by atoms with Gasteiger partial charge in [-0.3, -0.25) is 0 Å². The van der Waals surface area contributed by atoms with E-state index in [1.165, 1.54) is 47.5 Å². The van der Waals surface area contributed by atoms with Crippen LogP contribution in [0.4, 0.5) is 0 Å². The Morgan fingerprint density at radius 3 is 2.27 bits per heavy atom. The minimum Gasteiger partial charge on any atom is -0.487 e. The molecule has 0 radical (unpaired) electrons. The molecule has 30 heavy (non-hydrogen) atoms. The smallest absolute Gasteiger partial charge is 0.210 e. The van der Waals surface area contributed by atoms with Gasteiger partial charge in [0.05, 0.1) is 5.69 Å². The molecule has 1 saturated carbocycles. The molecule has 5 rings (SSSR count). The Morgan fingerprint density at radius 1 is 0.900 bits per heavy atom. The Kier molecular flexibility index (Phi) is 5.01. The number of hydrogen-bond donors (Lipinski definition) is 0. The second kappa shape index (κ2) is 7.95. The standard InChI is InChI=1S/C24H22N4OS/c1-17-3-5-18(6-4-17)24(12-2-13-24)19-7-9-21(10-8-19)29-15-20-11-14-25-22(27-20)23-26-16-30-28-23/h3-11,14,16H,2,12-13,15H2,1H3. The van der Waals surface area contributed by atoms with Gasteiger partial charge < -0.3 is 4.74 Å². The van der Waals surface area contributed by atoms with E-state index in [-0.39, 0.29) is 5.41 Å². The van der Waals surface area contributed by atoms with E-state index in [1.54, 1.807) is 11.7 Å². The number of benzene rings is 2. The van der Waals surface area contributed by atoms with E-state index in [0.29, 0.717) is 18.3 Å². The maximum atomic E-state index is 5.98. The summed E-state index contributed by atoms with van der Waals surface area (Å²) >= 11 is 1.29. The van der Waals surface area contributed by atoms with Crippen LogP contribution in [0.5, 0.6) is 5.75 Å². The molecule has 2 aromatic heterocycles. The largest absolute Gasteiger partial charge is 0.487 e. The number of aryl methyl sites for hydroxylation is 1. The summed E-state index contributed by atoms with van der Waals surface area (Å²) < 4.78 is 10.2. The van der Waals surface area contributed by atoms with Crippen LogP contribution in [0.25, 0.3) is 11.6 Å². The molecule has 0 N–H and O–H groups in total. The summed E-state index contributed by atoms with van der Waals surface area (Å²) in [5.74, 6) is 1.91. The summed E-state index contributed by atoms with van der Waals surface area (Å²) in [6.07, 6.45) is 5.39. The van der Waals surface area contributed by atoms with Crippen molar-refractivity contribution in [2.24, 2.45) is 0 Å². The maximum absolute atomic E-state index is 5.98. The third-order valence-corrected chi connectivity index (χ3v) is 6.36. The third kappa shape index (κ3) is 3.59. The molecule has 2 heterocycles. The van der Waals surface area contributed by atoms with Gasteiger partial charge in [0.15, 0.2) is 5.82 Å². The van der Waals surface area contributed by atoms with Crippen molar-refractivity contribution in [3.8, 4) is 17.4 Å². The zero-order valence-corrected chi connectivity index (χ0v) is 17.6. The van der Waals surface area contributed by atoms with E-state index >= 15 is 0 Å². The molecule has 0 bridgehead atoms. The van der Waals surface area contributed by atoms with E-state index in [4.69, 9.17) is 4.74 Å². The molecule has 0 unspecified atom stereocenters. The second-order valence-electron chi connectivity index (χ2n) is 7.74. The van der Waals surface area contributed by atoms with Crippen LogP contribution in [0.3, 0.4) is 0 Å². The van der Waals surface area contributed by atoms with Gasteiger partial charge in [-0.2, -0.15) is 4.37 Å². The molecule has 4 aromatic rings. The molecule has 0 spiro atoms. The minimum atomic E-state index is 0.147. The van der Waals surface area contributed by atoms with Crippen LogP contribution in [-0.2, 0) is 12.0 Å². The number of ether oxygens (including phenoxy) is 1. The molecular formula is C24H22N4OS. The topological polar surface area (TPSA) is 60.8 Å². The molecule has 0 amide bonds. The Labute approximate surface area is 180 Å². The molecule has 0 atom stereocenters. The Balaban J connectivity index is 1.30. The lowest BCUT2D eigenvalue weighted by atomic mass is 9.60. The molecule has 5 nitrogen and oxygen atoms in total. The van der Waals surface area contributed by atoms with Crippen molar-refractivity contribution in [2.75, 3.05) is 0 Å². The Bertz CT molecular complexity index is 1120. The van der Waals surface area contributed by atoms with E-state index in [9.17, 15) is 0 Å². The highest BCUT2D eigenvalue weighted by Gasteiger charge is 2.40. The average Bonchev–Trinajstić information content (AvgIpc) is 3.29. The lowest BCUT2D eigenvalue weighted by Crippen LogP contribution is -2.35. The van der Waals surface area contributed by atoms with E-state index in [0.717, 1.165) is 11.4 Å². The van der Waals surface area contributed by atoms with Crippen molar-refractivity contribution >= 4 is 11.5 Å². The van der Waals surface area contributed by atoms with Crippen LogP contribution in [0, 0.1) is 6.92 Å². The average molecular weight is 415 g/mol. The number of aromatic nitrogens is 4. The van der Waals surface area contributed by atoms with Crippen LogP contribution in [0.2, 0.25) is 0 Å². The van der Waals surface area contributed by atoms with Gasteiger partial charge in [-0.1, -0.05) is 48.4 Å². The lowest BCUT2D eigenvalue weighted by molar-refractivity contribution is 0.294. The van der Waals surface area contributed by atoms with Crippen molar-refractivity contribution in [1.29, 1.82) is 0 Å². The Hall–Kier alpha value is -3.12. The highest BCUT2D eigenvalue weighted by Crippen LogP contribution is 2.49. The molecule has 0 aliphatic heterocycles. The van der Waals surface area contributed by atoms with Crippen molar-refractivity contribution < 1.29 is 4.74 Å². The highest BCUT2D eigenvalue weighted by molar-refractivity contribution is 7.03. The normalized spacial score (nSPS) is 14.8. The molecule has 1 fully saturated rings. The molecule has 0 saturated heterocycles. The highest BCUT2D eigenvalue weighted by atomic mass is 32.1. The van der Waals surface area contributed by atoms with E-state index in [1.807, 2.05) is 6.07 Å². The zero-order valence-electron chi connectivity index (χ0n) is 16.8. The summed E-state index contributed by atoms with van der Waals surface area (Å²) in [5.41, 5.74) is 6.70. The van der Waals surface area contributed by atoms with Crippen molar-refractivity contribution in [2.45, 2.75) is 38.2 Å². The van der Waals surface area contributed by atoms with E-state index in [2.05, 4.69) is 74.8 Å². The SMILES string of the molecule is Cc1ccc(C2(c3ccc(OCc4ccnc(-c5ncsn5)n4)cc3)CCC2)cc1. The van der Waals surface area contributed by atoms with Gasteiger partial charge in [0.25, 0.3) is 0 Å². The van der Waals surface area contributed by atoms with Crippen molar-refractivity contribution in [1.82, 2.24) is 19.3 Å². The summed E-state index contributed by atoms with van der Waals surface area (Å²) in [4.78, 5) is 12.9. The van der Waals surface area contributed by atoms with Crippen molar-refractivity contribution in [3.05, 3.63) is 88.7 Å². The maximum Gasteiger partial charge on any atom is 0.210 e. The third-order valence-electron chi connectivity index (χ3n) is 5.88. The minimum absolute atomic E-state index is 0.147. The number of nitrogens with zero attached hydrogens (tertiary/aromatic N) is 4. The fourth-order valence-corrected chi connectivity index (χ4v) is 4.45. The lowest BCUT2D eigenvalue weighted by Gasteiger charge is -2.43. The molecule has 6 heteroatoms. The van der Waals surface area contributed by atoms with Crippen LogP contribution in [-0.4, -0.2) is 19.3 Å². The zero-order chi connectivity index (χ0) is 20.4.